The Hall–Kier alpha value is -3.04. The number of alkyl halides is 3. The number of halogens is 3. The first-order valence-electron chi connectivity index (χ1n) is 7.74. The van der Waals surface area contributed by atoms with Gasteiger partial charge in [-0.1, -0.05) is 12.1 Å². The molecule has 26 heavy (non-hydrogen) atoms. The van der Waals surface area contributed by atoms with Gasteiger partial charge in [-0.3, -0.25) is 4.79 Å². The van der Waals surface area contributed by atoms with Gasteiger partial charge in [-0.15, -0.1) is 0 Å². The fourth-order valence-electron chi connectivity index (χ4n) is 2.76. The molecule has 1 atom stereocenters. The zero-order chi connectivity index (χ0) is 19.1. The van der Waals surface area contributed by atoms with E-state index >= 15 is 0 Å². The number of aromatic nitrogens is 2. The molecule has 1 aliphatic heterocycles. The molecule has 0 fully saturated rings. The highest BCUT2D eigenvalue weighted by Gasteiger charge is 2.42. The summed E-state index contributed by atoms with van der Waals surface area (Å²) >= 11 is 0. The van der Waals surface area contributed by atoms with E-state index < -0.39 is 35.4 Å². The third kappa shape index (κ3) is 3.22. The van der Waals surface area contributed by atoms with Gasteiger partial charge < -0.3 is 15.7 Å². The summed E-state index contributed by atoms with van der Waals surface area (Å²) in [5.41, 5.74) is -1.13. The molecule has 1 aromatic heterocycles. The Morgan fingerprint density at radius 1 is 1.31 bits per heavy atom. The molecule has 2 aromatic rings. The van der Waals surface area contributed by atoms with E-state index in [1.165, 1.54) is 24.3 Å². The van der Waals surface area contributed by atoms with Gasteiger partial charge in [0.25, 0.3) is 5.91 Å². The molecule has 138 valence electrons. The van der Waals surface area contributed by atoms with Crippen LogP contribution in [0.2, 0.25) is 0 Å². The Morgan fingerprint density at radius 3 is 2.54 bits per heavy atom. The monoisotopic (exact) mass is 368 g/mol. The number of carbonyl (C=O) groups is 2. The first-order valence-corrected chi connectivity index (χ1v) is 7.74. The summed E-state index contributed by atoms with van der Waals surface area (Å²) in [5.74, 6) is -1.95. The molecular formula is C16H15F3N4O3. The van der Waals surface area contributed by atoms with E-state index in [9.17, 15) is 22.8 Å². The van der Waals surface area contributed by atoms with Gasteiger partial charge in [0, 0.05) is 6.54 Å². The Balaban J connectivity index is 1.85. The standard InChI is InChI=1S/C16H15F3N4O3/c1-8(9-2-4-10(5-3-9)15(25)26)21-14(24)11-12(16(17,18)19)22-23-7-6-20-13(11)23/h2-5,8,20H,6-7H2,1H3,(H,21,24)(H,25,26)/t8-/m0/s1. The van der Waals surface area contributed by atoms with Gasteiger partial charge in [0.15, 0.2) is 5.69 Å². The minimum absolute atomic E-state index is 0.0447. The predicted octanol–water partition coefficient (Wildman–Crippen LogP) is 2.52. The predicted molar refractivity (Wildman–Crippen MR) is 85.0 cm³/mol. The Morgan fingerprint density at radius 2 is 1.96 bits per heavy atom. The van der Waals surface area contributed by atoms with Gasteiger partial charge in [-0.2, -0.15) is 18.3 Å². The maximum Gasteiger partial charge on any atom is 0.436 e. The topological polar surface area (TPSA) is 96.3 Å². The first-order chi connectivity index (χ1) is 12.2. The molecule has 0 saturated heterocycles. The lowest BCUT2D eigenvalue weighted by Gasteiger charge is -2.15. The number of rotatable bonds is 4. The van der Waals surface area contributed by atoms with Crippen LogP contribution in [0.5, 0.6) is 0 Å². The van der Waals surface area contributed by atoms with Crippen LogP contribution < -0.4 is 10.6 Å². The van der Waals surface area contributed by atoms with Gasteiger partial charge >= 0.3 is 12.1 Å². The van der Waals surface area contributed by atoms with E-state index in [1.54, 1.807) is 6.92 Å². The summed E-state index contributed by atoms with van der Waals surface area (Å²) in [4.78, 5) is 23.4. The fraction of sp³-hybridized carbons (Fsp3) is 0.312. The van der Waals surface area contributed by atoms with Crippen molar-refractivity contribution in [2.45, 2.75) is 25.7 Å². The van der Waals surface area contributed by atoms with Gasteiger partial charge in [-0.25, -0.2) is 9.48 Å². The molecule has 0 radical (unpaired) electrons. The lowest BCUT2D eigenvalue weighted by Crippen LogP contribution is -2.29. The average molecular weight is 368 g/mol. The molecular weight excluding hydrogens is 353 g/mol. The van der Waals surface area contributed by atoms with Crippen molar-refractivity contribution in [3.05, 3.63) is 46.6 Å². The van der Waals surface area contributed by atoms with Gasteiger partial charge in [0.2, 0.25) is 0 Å². The van der Waals surface area contributed by atoms with E-state index in [0.29, 0.717) is 12.1 Å². The number of anilines is 1. The van der Waals surface area contributed by atoms with Crippen molar-refractivity contribution in [1.82, 2.24) is 15.1 Å². The summed E-state index contributed by atoms with van der Waals surface area (Å²) in [6.07, 6.45) is -4.75. The molecule has 0 aliphatic carbocycles. The normalized spacial score (nSPS) is 14.5. The number of amides is 1. The molecule has 1 aromatic carbocycles. The molecule has 0 bridgehead atoms. The molecule has 1 amide bonds. The van der Waals surface area contributed by atoms with Crippen LogP contribution in [-0.2, 0) is 12.7 Å². The van der Waals surface area contributed by atoms with Gasteiger partial charge in [-0.05, 0) is 24.6 Å². The molecule has 10 heteroatoms. The van der Waals surface area contributed by atoms with Crippen molar-refractivity contribution in [2.75, 3.05) is 11.9 Å². The van der Waals surface area contributed by atoms with Crippen molar-refractivity contribution < 1.29 is 27.9 Å². The second kappa shape index (κ2) is 6.36. The van der Waals surface area contributed by atoms with Crippen molar-refractivity contribution in [3.8, 4) is 0 Å². The summed E-state index contributed by atoms with van der Waals surface area (Å²) in [6.45, 7) is 2.24. The quantitative estimate of drug-likeness (QED) is 0.771. The van der Waals surface area contributed by atoms with Crippen molar-refractivity contribution in [2.24, 2.45) is 0 Å². The number of benzene rings is 1. The Labute approximate surface area is 145 Å². The molecule has 3 rings (SSSR count). The summed E-state index contributed by atoms with van der Waals surface area (Å²) in [6, 6.07) is 5.10. The second-order valence-corrected chi connectivity index (χ2v) is 5.84. The number of hydrogen-bond donors (Lipinski definition) is 3. The van der Waals surface area contributed by atoms with E-state index in [4.69, 9.17) is 5.11 Å². The molecule has 7 nitrogen and oxygen atoms in total. The number of hydrogen-bond acceptors (Lipinski definition) is 4. The first kappa shape index (κ1) is 17.8. The van der Waals surface area contributed by atoms with Crippen molar-refractivity contribution in [1.29, 1.82) is 0 Å². The highest BCUT2D eigenvalue weighted by Crippen LogP contribution is 2.36. The molecule has 0 saturated carbocycles. The lowest BCUT2D eigenvalue weighted by atomic mass is 10.1. The number of nitrogens with zero attached hydrogens (tertiary/aromatic N) is 2. The van der Waals surface area contributed by atoms with Crippen LogP contribution in [0.25, 0.3) is 0 Å². The minimum Gasteiger partial charge on any atom is -0.478 e. The van der Waals surface area contributed by atoms with Crippen LogP contribution in [0.4, 0.5) is 19.0 Å². The minimum atomic E-state index is -4.75. The molecule has 3 N–H and O–H groups in total. The van der Waals surface area contributed by atoms with Gasteiger partial charge in [0.1, 0.15) is 11.4 Å². The maximum atomic E-state index is 13.2. The van der Waals surface area contributed by atoms with Gasteiger partial charge in [0.05, 0.1) is 18.2 Å². The number of carboxylic acids is 1. The third-order valence-corrected chi connectivity index (χ3v) is 4.07. The van der Waals surface area contributed by atoms with Crippen LogP contribution in [0.15, 0.2) is 24.3 Å². The highest BCUT2D eigenvalue weighted by molar-refractivity contribution is 6.00. The van der Waals surface area contributed by atoms with Crippen LogP contribution in [0.1, 0.15) is 44.9 Å². The molecule has 1 aliphatic rings. The number of carbonyl (C=O) groups excluding carboxylic acids is 1. The highest BCUT2D eigenvalue weighted by atomic mass is 19.4. The number of aromatic carboxylic acids is 1. The second-order valence-electron chi connectivity index (χ2n) is 5.84. The van der Waals surface area contributed by atoms with Crippen molar-refractivity contribution >= 4 is 17.7 Å². The third-order valence-electron chi connectivity index (χ3n) is 4.07. The smallest absolute Gasteiger partial charge is 0.436 e. The number of fused-ring (bicyclic) bond motifs is 1. The SMILES string of the molecule is C[C@H](NC(=O)c1c(C(F)(F)F)nn2c1NCC2)c1ccc(C(=O)O)cc1. The van der Waals surface area contributed by atoms with Crippen LogP contribution >= 0.6 is 0 Å². The van der Waals surface area contributed by atoms with Crippen LogP contribution in [-0.4, -0.2) is 33.3 Å². The zero-order valence-electron chi connectivity index (χ0n) is 13.6. The van der Waals surface area contributed by atoms with Crippen LogP contribution in [0.3, 0.4) is 0 Å². The van der Waals surface area contributed by atoms with E-state index in [-0.39, 0.29) is 17.9 Å². The van der Waals surface area contributed by atoms with E-state index in [1.807, 2.05) is 0 Å². The van der Waals surface area contributed by atoms with E-state index in [0.717, 1.165) is 4.68 Å². The van der Waals surface area contributed by atoms with E-state index in [2.05, 4.69) is 15.7 Å². The van der Waals surface area contributed by atoms with Crippen molar-refractivity contribution in [3.63, 3.8) is 0 Å². The number of carboxylic acid groups (broad SMARTS) is 1. The average Bonchev–Trinajstić information content (AvgIpc) is 3.14. The zero-order valence-corrected chi connectivity index (χ0v) is 13.6. The lowest BCUT2D eigenvalue weighted by molar-refractivity contribution is -0.141. The molecule has 0 unspecified atom stereocenters. The molecule has 2 heterocycles. The Kier molecular flexibility index (Phi) is 4.34. The summed E-state index contributed by atoms with van der Waals surface area (Å²) in [7, 11) is 0. The maximum absolute atomic E-state index is 13.2. The largest absolute Gasteiger partial charge is 0.478 e. The summed E-state index contributed by atoms with van der Waals surface area (Å²) in [5, 5.41) is 17.6. The number of nitrogens with one attached hydrogen (secondary N) is 2. The van der Waals surface area contributed by atoms with Crippen LogP contribution in [0, 0.1) is 0 Å². The fourth-order valence-corrected chi connectivity index (χ4v) is 2.76. The Bertz CT molecular complexity index is 859. The molecule has 0 spiro atoms. The summed E-state index contributed by atoms with van der Waals surface area (Å²) < 4.78 is 40.7.